The van der Waals surface area contributed by atoms with E-state index in [-0.39, 0.29) is 6.15 Å². The first-order valence-electron chi connectivity index (χ1n) is 1.61. The molecule has 0 bridgehead atoms. The quantitative estimate of drug-likeness (QED) is 0.313. The Balaban J connectivity index is 0. The molecule has 0 heterocycles. The van der Waals surface area contributed by atoms with Gasteiger partial charge in [0.25, 0.3) is 0 Å². The first kappa shape index (κ1) is 10.7. The van der Waals surface area contributed by atoms with Crippen molar-refractivity contribution in [2.75, 3.05) is 0 Å². The molecule has 0 aromatic heterocycles. The highest BCUT2D eigenvalue weighted by Gasteiger charge is 2.13. The highest BCUT2D eigenvalue weighted by atomic mass is 32.1. The van der Waals surface area contributed by atoms with Crippen LogP contribution in [0.2, 0.25) is 0 Å². The number of hydrogen-bond donors (Lipinski definition) is 3. The average molecular weight is 139 g/mol. The molecule has 0 aliphatic rings. The lowest BCUT2D eigenvalue weighted by molar-refractivity contribution is -0.316. The van der Waals surface area contributed by atoms with E-state index in [0.29, 0.717) is 0 Å². The number of aliphatic carboxylic acids is 1. The zero-order valence-electron chi connectivity index (χ0n) is 4.71. The molecule has 1 atom stereocenters. The summed E-state index contributed by atoms with van der Waals surface area (Å²) in [5.74, 6) is -1.59. The third-order valence-corrected chi connectivity index (χ3v) is 0.569. The Morgan fingerprint density at radius 2 is 2.00 bits per heavy atom. The van der Waals surface area contributed by atoms with Crippen molar-refractivity contribution in [3.05, 3.63) is 0 Å². The summed E-state index contributed by atoms with van der Waals surface area (Å²) in [5, 5.41) is 17.9. The van der Waals surface area contributed by atoms with Gasteiger partial charge in [-0.15, -0.1) is 12.6 Å². The molecule has 5 N–H and O–H groups in total. The fraction of sp³-hybridized carbons (Fsp3) is 0.667. The molecule has 0 rings (SSSR count). The number of carbonyl (C=O) groups is 1. The van der Waals surface area contributed by atoms with Crippen LogP contribution in [0.5, 0.6) is 0 Å². The van der Waals surface area contributed by atoms with E-state index >= 15 is 0 Å². The molecule has 4 nitrogen and oxygen atoms in total. The predicted octanol–water partition coefficient (Wildman–Crippen LogP) is -1.25. The van der Waals surface area contributed by atoms with Crippen molar-refractivity contribution < 1.29 is 15.0 Å². The molecule has 0 spiro atoms. The highest BCUT2D eigenvalue weighted by Crippen LogP contribution is 2.04. The summed E-state index contributed by atoms with van der Waals surface area (Å²) in [5.41, 5.74) is 0. The van der Waals surface area contributed by atoms with Gasteiger partial charge in [-0.05, 0) is 6.92 Å². The lowest BCUT2D eigenvalue weighted by Gasteiger charge is -2.15. The smallest absolute Gasteiger partial charge is 0.144 e. The molecule has 0 saturated carbocycles. The van der Waals surface area contributed by atoms with E-state index in [1.54, 1.807) is 0 Å². The van der Waals surface area contributed by atoms with Crippen molar-refractivity contribution >= 4 is 18.6 Å². The Hall–Kier alpha value is -0.260. The molecular formula is C3H9NO3S. The van der Waals surface area contributed by atoms with Gasteiger partial charge in [0, 0.05) is 0 Å². The van der Waals surface area contributed by atoms with E-state index < -0.39 is 10.9 Å². The number of rotatable bonds is 1. The molecule has 8 heavy (non-hydrogen) atoms. The largest absolute Gasteiger partial charge is 0.546 e. The van der Waals surface area contributed by atoms with Gasteiger partial charge in [0.1, 0.15) is 4.93 Å². The molecule has 50 valence electrons. The van der Waals surface area contributed by atoms with Crippen molar-refractivity contribution in [3.8, 4) is 0 Å². The first-order valence-corrected chi connectivity index (χ1v) is 2.05. The fourth-order valence-corrected chi connectivity index (χ4v) is 0. The van der Waals surface area contributed by atoms with Crippen LogP contribution in [0.4, 0.5) is 0 Å². The molecule has 0 fully saturated rings. The maximum absolute atomic E-state index is 9.58. The van der Waals surface area contributed by atoms with Gasteiger partial charge >= 0.3 is 0 Å². The molecule has 0 aliphatic heterocycles. The summed E-state index contributed by atoms with van der Waals surface area (Å²) < 4.78 is 0. The predicted molar refractivity (Wildman–Crippen MR) is 30.6 cm³/mol. The molecule has 0 amide bonds. The number of carbonyl (C=O) groups excluding carboxylic acids is 1. The molecule has 0 aliphatic carbocycles. The molecule has 1 unspecified atom stereocenters. The van der Waals surface area contributed by atoms with Crippen LogP contribution in [-0.2, 0) is 4.79 Å². The van der Waals surface area contributed by atoms with Crippen LogP contribution in [0, 0.1) is 0 Å². The molecule has 0 aromatic rings. The van der Waals surface area contributed by atoms with Crippen molar-refractivity contribution in [3.63, 3.8) is 0 Å². The van der Waals surface area contributed by atoms with Crippen LogP contribution in [0.25, 0.3) is 0 Å². The van der Waals surface area contributed by atoms with Crippen LogP contribution < -0.4 is 11.3 Å². The summed E-state index contributed by atoms with van der Waals surface area (Å²) in [7, 11) is 0. The standard InChI is InChI=1S/C3H6O3S.H3N/c1-3(6,7)2(4)5;/h6-7H,1H3,(H,4,5);1H3. The summed E-state index contributed by atoms with van der Waals surface area (Å²) in [6, 6.07) is 0. The van der Waals surface area contributed by atoms with Crippen molar-refractivity contribution in [2.45, 2.75) is 11.9 Å². The normalized spacial score (nSPS) is 15.9. The zero-order chi connectivity index (χ0) is 6.08. The number of hydrogen-bond acceptors (Lipinski definition) is 4. The number of carboxylic acids is 1. The van der Waals surface area contributed by atoms with Gasteiger partial charge in [-0.2, -0.15) is 0 Å². The van der Waals surface area contributed by atoms with Gasteiger partial charge in [0.2, 0.25) is 0 Å². The minimum Gasteiger partial charge on any atom is -0.546 e. The van der Waals surface area contributed by atoms with Crippen LogP contribution in [0.3, 0.4) is 0 Å². The maximum atomic E-state index is 9.58. The first-order chi connectivity index (χ1) is 2.94. The van der Waals surface area contributed by atoms with E-state index in [4.69, 9.17) is 5.11 Å². The molecule has 0 saturated heterocycles. The zero-order valence-corrected chi connectivity index (χ0v) is 5.61. The fourth-order valence-electron chi connectivity index (χ4n) is 0. The van der Waals surface area contributed by atoms with Gasteiger partial charge < -0.3 is 21.2 Å². The Morgan fingerprint density at radius 1 is 1.88 bits per heavy atom. The van der Waals surface area contributed by atoms with Gasteiger partial charge in [-0.1, -0.05) is 0 Å². The van der Waals surface area contributed by atoms with E-state index in [2.05, 4.69) is 12.6 Å². The van der Waals surface area contributed by atoms with Gasteiger partial charge in [0.05, 0.1) is 5.97 Å². The molecule has 5 heteroatoms. The highest BCUT2D eigenvalue weighted by molar-refractivity contribution is 7.82. The lowest BCUT2D eigenvalue weighted by atomic mass is 10.4. The second-order valence-corrected chi connectivity index (χ2v) is 2.18. The minimum absolute atomic E-state index is 0. The second-order valence-electron chi connectivity index (χ2n) is 1.31. The molecule has 0 radical (unpaired) electrons. The number of quaternary nitrogens is 1. The van der Waals surface area contributed by atoms with E-state index in [9.17, 15) is 9.90 Å². The molecule has 0 aromatic carbocycles. The Bertz CT molecular complexity index is 87.0. The van der Waals surface area contributed by atoms with Crippen LogP contribution in [0.1, 0.15) is 6.92 Å². The lowest BCUT2D eigenvalue weighted by Crippen LogP contribution is -2.41. The van der Waals surface area contributed by atoms with Crippen molar-refractivity contribution in [1.29, 1.82) is 0 Å². The van der Waals surface area contributed by atoms with Gasteiger partial charge in [-0.3, -0.25) is 0 Å². The van der Waals surface area contributed by atoms with E-state index in [0.717, 1.165) is 6.92 Å². The van der Waals surface area contributed by atoms with Gasteiger partial charge in [-0.25, -0.2) is 0 Å². The van der Waals surface area contributed by atoms with E-state index in [1.807, 2.05) is 0 Å². The number of aliphatic hydroxyl groups is 1. The Morgan fingerprint density at radius 3 is 2.00 bits per heavy atom. The third kappa shape index (κ3) is 3.91. The SMILES string of the molecule is CC(O)(S)C(=O)[O-].[NH4+]. The minimum atomic E-state index is -2.00. The summed E-state index contributed by atoms with van der Waals surface area (Å²) in [6.07, 6.45) is 0. The van der Waals surface area contributed by atoms with Crippen LogP contribution in [0.15, 0.2) is 0 Å². The summed E-state index contributed by atoms with van der Waals surface area (Å²) >= 11 is 3.24. The monoisotopic (exact) mass is 139 g/mol. The molecular weight excluding hydrogens is 130 g/mol. The summed E-state index contributed by atoms with van der Waals surface area (Å²) in [6.45, 7) is 1.02. The Labute approximate surface area is 52.5 Å². The maximum Gasteiger partial charge on any atom is 0.144 e. The van der Waals surface area contributed by atoms with Crippen LogP contribution >= 0.6 is 12.6 Å². The Kier molecular flexibility index (Phi) is 3.88. The topological polar surface area (TPSA) is 96.9 Å². The van der Waals surface area contributed by atoms with Crippen LogP contribution in [-0.4, -0.2) is 16.0 Å². The average Bonchev–Trinajstić information content (AvgIpc) is 1.31. The van der Waals surface area contributed by atoms with Gasteiger partial charge in [0.15, 0.2) is 0 Å². The second kappa shape index (κ2) is 2.91. The number of thiol groups is 1. The van der Waals surface area contributed by atoms with Crippen molar-refractivity contribution in [1.82, 2.24) is 6.15 Å². The number of carboxylic acid groups (broad SMARTS) is 1. The summed E-state index contributed by atoms with van der Waals surface area (Å²) in [4.78, 5) is 7.58. The van der Waals surface area contributed by atoms with Crippen molar-refractivity contribution in [2.24, 2.45) is 0 Å². The van der Waals surface area contributed by atoms with E-state index in [1.165, 1.54) is 0 Å². The third-order valence-electron chi connectivity index (χ3n) is 0.387.